The third kappa shape index (κ3) is 5.35. The van der Waals surface area contributed by atoms with Crippen LogP contribution in [-0.2, 0) is 17.9 Å². The standard InChI is InChI=1S/C27H28N4O2/c1-27(2,3)31-26(32)33-17-18-9-11-20(12-10-18)25-21(19-7-5-4-6-8-19)15-22-23(30-25)13-14-29-24(22)16-28/h4-15H,16-17,28H2,1-3H3,(H,31,32). The number of ether oxygens (including phenoxy) is 1. The summed E-state index contributed by atoms with van der Waals surface area (Å²) in [5, 5.41) is 3.75. The van der Waals surface area contributed by atoms with Gasteiger partial charge in [-0.1, -0.05) is 54.6 Å². The molecule has 4 aromatic rings. The topological polar surface area (TPSA) is 90.1 Å². The summed E-state index contributed by atoms with van der Waals surface area (Å²) in [4.78, 5) is 21.3. The third-order valence-electron chi connectivity index (χ3n) is 5.18. The Morgan fingerprint density at radius 3 is 2.39 bits per heavy atom. The molecule has 0 spiro atoms. The van der Waals surface area contributed by atoms with Crippen molar-refractivity contribution in [1.29, 1.82) is 0 Å². The molecule has 2 aromatic heterocycles. The number of aromatic nitrogens is 2. The van der Waals surface area contributed by atoms with E-state index in [-0.39, 0.29) is 12.1 Å². The van der Waals surface area contributed by atoms with Gasteiger partial charge in [0.1, 0.15) is 6.61 Å². The number of nitrogens with zero attached hydrogens (tertiary/aromatic N) is 2. The molecular formula is C27H28N4O2. The largest absolute Gasteiger partial charge is 0.445 e. The summed E-state index contributed by atoms with van der Waals surface area (Å²) in [5.41, 5.74) is 12.1. The summed E-state index contributed by atoms with van der Waals surface area (Å²) < 4.78 is 5.34. The number of hydrogen-bond donors (Lipinski definition) is 2. The molecule has 6 heteroatoms. The number of benzene rings is 2. The Kier molecular flexibility index (Phi) is 6.38. The van der Waals surface area contributed by atoms with E-state index in [2.05, 4.69) is 28.5 Å². The molecule has 0 radical (unpaired) electrons. The summed E-state index contributed by atoms with van der Waals surface area (Å²) in [5.74, 6) is 0. The van der Waals surface area contributed by atoms with Crippen molar-refractivity contribution in [3.05, 3.63) is 84.2 Å². The fraction of sp³-hybridized carbons (Fsp3) is 0.222. The highest BCUT2D eigenvalue weighted by Gasteiger charge is 2.16. The van der Waals surface area contributed by atoms with Gasteiger partial charge in [0.15, 0.2) is 0 Å². The van der Waals surface area contributed by atoms with Crippen LogP contribution < -0.4 is 11.1 Å². The van der Waals surface area contributed by atoms with Crippen molar-refractivity contribution in [2.24, 2.45) is 5.73 Å². The quantitative estimate of drug-likeness (QED) is 0.431. The van der Waals surface area contributed by atoms with Crippen LogP contribution in [0.25, 0.3) is 33.3 Å². The zero-order chi connectivity index (χ0) is 23.4. The molecule has 2 heterocycles. The Bertz CT molecular complexity index is 1260. The first-order valence-electron chi connectivity index (χ1n) is 10.9. The lowest BCUT2D eigenvalue weighted by molar-refractivity contribution is 0.131. The van der Waals surface area contributed by atoms with E-state index in [4.69, 9.17) is 15.5 Å². The van der Waals surface area contributed by atoms with Gasteiger partial charge in [-0.25, -0.2) is 9.78 Å². The molecule has 1 amide bonds. The fourth-order valence-electron chi connectivity index (χ4n) is 3.62. The molecule has 0 bridgehead atoms. The molecule has 33 heavy (non-hydrogen) atoms. The lowest BCUT2D eigenvalue weighted by Gasteiger charge is -2.20. The number of alkyl carbamates (subject to hydrolysis) is 1. The summed E-state index contributed by atoms with van der Waals surface area (Å²) in [6.45, 7) is 6.29. The predicted octanol–water partition coefficient (Wildman–Crippen LogP) is 5.45. The summed E-state index contributed by atoms with van der Waals surface area (Å²) in [6.07, 6.45) is 1.31. The van der Waals surface area contributed by atoms with Crippen molar-refractivity contribution in [1.82, 2.24) is 15.3 Å². The first-order valence-corrected chi connectivity index (χ1v) is 10.9. The summed E-state index contributed by atoms with van der Waals surface area (Å²) >= 11 is 0. The number of carbonyl (C=O) groups excluding carboxylic acids is 1. The van der Waals surface area contributed by atoms with E-state index >= 15 is 0 Å². The van der Waals surface area contributed by atoms with E-state index in [1.807, 2.05) is 69.3 Å². The van der Waals surface area contributed by atoms with Gasteiger partial charge in [-0.2, -0.15) is 0 Å². The lowest BCUT2D eigenvalue weighted by atomic mass is 9.96. The lowest BCUT2D eigenvalue weighted by Crippen LogP contribution is -2.40. The van der Waals surface area contributed by atoms with Crippen molar-refractivity contribution in [3.63, 3.8) is 0 Å². The molecule has 0 unspecified atom stereocenters. The van der Waals surface area contributed by atoms with Crippen LogP contribution in [0.3, 0.4) is 0 Å². The molecule has 6 nitrogen and oxygen atoms in total. The maximum Gasteiger partial charge on any atom is 0.407 e. The van der Waals surface area contributed by atoms with Crippen molar-refractivity contribution in [3.8, 4) is 22.4 Å². The van der Waals surface area contributed by atoms with Crippen LogP contribution in [0.15, 0.2) is 72.9 Å². The maximum atomic E-state index is 11.9. The number of carbonyl (C=O) groups is 1. The van der Waals surface area contributed by atoms with Gasteiger partial charge in [0, 0.05) is 34.8 Å². The number of rotatable bonds is 5. The normalized spacial score (nSPS) is 11.4. The first-order chi connectivity index (χ1) is 15.8. The molecule has 3 N–H and O–H groups in total. The fourth-order valence-corrected chi connectivity index (χ4v) is 3.62. The van der Waals surface area contributed by atoms with Gasteiger partial charge in [0.25, 0.3) is 0 Å². The van der Waals surface area contributed by atoms with Crippen molar-refractivity contribution in [2.75, 3.05) is 0 Å². The average molecular weight is 441 g/mol. The minimum atomic E-state index is -0.432. The van der Waals surface area contributed by atoms with Gasteiger partial charge >= 0.3 is 6.09 Å². The molecule has 0 atom stereocenters. The van der Waals surface area contributed by atoms with E-state index < -0.39 is 6.09 Å². The van der Waals surface area contributed by atoms with E-state index in [1.165, 1.54) is 0 Å². The van der Waals surface area contributed by atoms with Crippen LogP contribution in [0.2, 0.25) is 0 Å². The smallest absolute Gasteiger partial charge is 0.407 e. The average Bonchev–Trinajstić information content (AvgIpc) is 2.81. The highest BCUT2D eigenvalue weighted by Crippen LogP contribution is 2.34. The Hall–Kier alpha value is -3.77. The van der Waals surface area contributed by atoms with E-state index in [1.54, 1.807) is 6.20 Å². The highest BCUT2D eigenvalue weighted by atomic mass is 16.5. The number of hydrogen-bond acceptors (Lipinski definition) is 5. The van der Waals surface area contributed by atoms with Gasteiger partial charge < -0.3 is 15.8 Å². The highest BCUT2D eigenvalue weighted by molar-refractivity contribution is 5.92. The van der Waals surface area contributed by atoms with Crippen LogP contribution in [0.1, 0.15) is 32.0 Å². The number of amides is 1. The molecular weight excluding hydrogens is 412 g/mol. The first kappa shape index (κ1) is 22.4. The van der Waals surface area contributed by atoms with Crippen LogP contribution in [-0.4, -0.2) is 21.6 Å². The predicted molar refractivity (Wildman–Crippen MR) is 131 cm³/mol. The van der Waals surface area contributed by atoms with Gasteiger partial charge in [-0.05, 0) is 44.0 Å². The number of fused-ring (bicyclic) bond motifs is 1. The number of pyridine rings is 2. The molecule has 0 aliphatic rings. The molecule has 0 aliphatic heterocycles. The van der Waals surface area contributed by atoms with Gasteiger partial charge in [0.05, 0.1) is 16.9 Å². The zero-order valence-corrected chi connectivity index (χ0v) is 19.1. The molecule has 0 fully saturated rings. The van der Waals surface area contributed by atoms with Crippen LogP contribution in [0.4, 0.5) is 4.79 Å². The maximum absolute atomic E-state index is 11.9. The second kappa shape index (κ2) is 9.38. The van der Waals surface area contributed by atoms with Crippen molar-refractivity contribution >= 4 is 17.0 Å². The number of nitrogens with one attached hydrogen (secondary N) is 1. The second-order valence-corrected chi connectivity index (χ2v) is 8.93. The second-order valence-electron chi connectivity index (χ2n) is 8.93. The van der Waals surface area contributed by atoms with E-state index in [9.17, 15) is 4.79 Å². The van der Waals surface area contributed by atoms with E-state index in [0.29, 0.717) is 6.54 Å². The zero-order valence-electron chi connectivity index (χ0n) is 19.1. The Morgan fingerprint density at radius 1 is 1.00 bits per heavy atom. The van der Waals surface area contributed by atoms with E-state index in [0.717, 1.165) is 44.5 Å². The minimum Gasteiger partial charge on any atom is -0.445 e. The van der Waals surface area contributed by atoms with Crippen LogP contribution in [0.5, 0.6) is 0 Å². The van der Waals surface area contributed by atoms with Crippen molar-refractivity contribution in [2.45, 2.75) is 39.5 Å². The molecule has 0 aliphatic carbocycles. The molecule has 2 aromatic carbocycles. The Labute approximate surface area is 193 Å². The van der Waals surface area contributed by atoms with Gasteiger partial charge in [0.2, 0.25) is 0 Å². The summed E-state index contributed by atoms with van der Waals surface area (Å²) in [6, 6.07) is 22.1. The molecule has 168 valence electrons. The monoisotopic (exact) mass is 440 g/mol. The SMILES string of the molecule is CC(C)(C)NC(=O)OCc1ccc(-c2nc3ccnc(CN)c3cc2-c2ccccc2)cc1. The Morgan fingerprint density at radius 2 is 1.73 bits per heavy atom. The Balaban J connectivity index is 1.68. The van der Waals surface area contributed by atoms with Gasteiger partial charge in [-0.3, -0.25) is 4.98 Å². The van der Waals surface area contributed by atoms with Crippen molar-refractivity contribution < 1.29 is 9.53 Å². The molecule has 0 saturated carbocycles. The van der Waals surface area contributed by atoms with Crippen LogP contribution >= 0.6 is 0 Å². The number of nitrogens with two attached hydrogens (primary N) is 1. The molecule has 4 rings (SSSR count). The summed E-state index contributed by atoms with van der Waals surface area (Å²) in [7, 11) is 0. The molecule has 0 saturated heterocycles. The van der Waals surface area contributed by atoms with Crippen LogP contribution in [0, 0.1) is 0 Å². The third-order valence-corrected chi connectivity index (χ3v) is 5.18. The van der Waals surface area contributed by atoms with Gasteiger partial charge in [-0.15, -0.1) is 0 Å². The minimum absolute atomic E-state index is 0.199.